The molecule has 0 saturated carbocycles. The highest BCUT2D eigenvalue weighted by Gasteiger charge is 2.05. The molecule has 2 N–H and O–H groups in total. The highest BCUT2D eigenvalue weighted by molar-refractivity contribution is 5.77. The number of aliphatic hydroxyl groups excluding tert-OH is 1. The van der Waals surface area contributed by atoms with E-state index in [1.807, 2.05) is 0 Å². The number of aromatic nitrogens is 1. The highest BCUT2D eigenvalue weighted by atomic mass is 19.1. The van der Waals surface area contributed by atoms with Crippen LogP contribution in [0.1, 0.15) is 11.3 Å². The summed E-state index contributed by atoms with van der Waals surface area (Å²) in [5.41, 5.74) is 0.810. The Bertz CT molecular complexity index is 627. The Morgan fingerprint density at radius 3 is 2.55 bits per heavy atom. The number of benzene rings is 1. The van der Waals surface area contributed by atoms with Crippen LogP contribution in [0.15, 0.2) is 36.5 Å². The predicted molar refractivity (Wildman–Crippen MR) is 73.9 cm³/mol. The minimum atomic E-state index is -0.699. The maximum atomic E-state index is 13.0. The van der Waals surface area contributed by atoms with E-state index in [0.29, 0.717) is 17.0 Å². The smallest absolute Gasteiger partial charge is 0.258 e. The lowest BCUT2D eigenvalue weighted by atomic mass is 10.2. The van der Waals surface area contributed by atoms with Gasteiger partial charge in [0.15, 0.2) is 6.61 Å². The van der Waals surface area contributed by atoms with Crippen LogP contribution in [0, 0.1) is 11.6 Å². The summed E-state index contributed by atoms with van der Waals surface area (Å²) in [6, 6.07) is 6.19. The van der Waals surface area contributed by atoms with Gasteiger partial charge in [-0.25, -0.2) is 8.78 Å². The molecule has 7 heteroatoms. The van der Waals surface area contributed by atoms with Crippen molar-refractivity contribution in [2.75, 3.05) is 6.61 Å². The first-order valence-corrected chi connectivity index (χ1v) is 6.47. The molecule has 116 valence electrons. The number of pyridine rings is 1. The molecule has 0 fully saturated rings. The summed E-state index contributed by atoms with van der Waals surface area (Å²) in [6.07, 6.45) is 1.39. The molecule has 0 radical (unpaired) electrons. The standard InChI is InChI=1S/C15H14F2N2O3/c16-11-3-10(4-12(17)5-11)6-19-15(21)9-22-14-2-1-13(8-20)18-7-14/h1-5,7,20H,6,8-9H2,(H,19,21). The van der Waals surface area contributed by atoms with Crippen LogP contribution in [0.5, 0.6) is 5.75 Å². The average Bonchev–Trinajstić information content (AvgIpc) is 2.50. The lowest BCUT2D eigenvalue weighted by Gasteiger charge is -2.08. The van der Waals surface area contributed by atoms with Gasteiger partial charge in [-0.05, 0) is 29.8 Å². The van der Waals surface area contributed by atoms with Gasteiger partial charge in [0.1, 0.15) is 17.4 Å². The van der Waals surface area contributed by atoms with Gasteiger partial charge in [0.2, 0.25) is 0 Å². The fraction of sp³-hybridized carbons (Fsp3) is 0.200. The molecule has 0 atom stereocenters. The van der Waals surface area contributed by atoms with Crippen LogP contribution < -0.4 is 10.1 Å². The zero-order valence-corrected chi connectivity index (χ0v) is 11.6. The normalized spacial score (nSPS) is 10.3. The Balaban J connectivity index is 1.80. The molecule has 2 aromatic rings. The van der Waals surface area contributed by atoms with E-state index in [-0.39, 0.29) is 19.8 Å². The van der Waals surface area contributed by atoms with Crippen molar-refractivity contribution >= 4 is 5.91 Å². The molecule has 0 aliphatic rings. The molecular formula is C15H14F2N2O3. The first-order valence-electron chi connectivity index (χ1n) is 6.47. The van der Waals surface area contributed by atoms with Gasteiger partial charge >= 0.3 is 0 Å². The topological polar surface area (TPSA) is 71.5 Å². The fourth-order valence-corrected chi connectivity index (χ4v) is 1.70. The summed E-state index contributed by atoms with van der Waals surface area (Å²) in [4.78, 5) is 15.5. The Morgan fingerprint density at radius 2 is 1.95 bits per heavy atom. The van der Waals surface area contributed by atoms with E-state index in [1.165, 1.54) is 6.20 Å². The number of hydrogen-bond donors (Lipinski definition) is 2. The Hall–Kier alpha value is -2.54. The van der Waals surface area contributed by atoms with Gasteiger partial charge in [0.05, 0.1) is 18.5 Å². The van der Waals surface area contributed by atoms with Gasteiger partial charge in [0, 0.05) is 12.6 Å². The number of nitrogens with one attached hydrogen (secondary N) is 1. The third-order valence-electron chi connectivity index (χ3n) is 2.74. The van der Waals surface area contributed by atoms with E-state index in [0.717, 1.165) is 18.2 Å². The number of hydrogen-bond acceptors (Lipinski definition) is 4. The number of rotatable bonds is 6. The molecule has 0 bridgehead atoms. The molecule has 1 aromatic carbocycles. The minimum Gasteiger partial charge on any atom is -0.482 e. The van der Waals surface area contributed by atoms with Gasteiger partial charge in [-0.2, -0.15) is 0 Å². The molecular weight excluding hydrogens is 294 g/mol. The minimum absolute atomic E-state index is 0.00142. The van der Waals surface area contributed by atoms with E-state index in [2.05, 4.69) is 10.3 Å². The van der Waals surface area contributed by atoms with E-state index in [9.17, 15) is 13.6 Å². The van der Waals surface area contributed by atoms with Crippen molar-refractivity contribution in [3.05, 3.63) is 59.4 Å². The van der Waals surface area contributed by atoms with Crippen molar-refractivity contribution in [3.63, 3.8) is 0 Å². The van der Waals surface area contributed by atoms with Gasteiger partial charge in [-0.15, -0.1) is 0 Å². The molecule has 22 heavy (non-hydrogen) atoms. The molecule has 2 rings (SSSR count). The van der Waals surface area contributed by atoms with Crippen molar-refractivity contribution in [2.45, 2.75) is 13.2 Å². The third-order valence-corrected chi connectivity index (χ3v) is 2.74. The molecule has 0 unspecified atom stereocenters. The summed E-state index contributed by atoms with van der Waals surface area (Å²) < 4.78 is 31.2. The summed E-state index contributed by atoms with van der Waals surface area (Å²) in [5.74, 6) is -1.45. The molecule has 0 spiro atoms. The number of halogens is 2. The van der Waals surface area contributed by atoms with E-state index >= 15 is 0 Å². The molecule has 1 heterocycles. The fourth-order valence-electron chi connectivity index (χ4n) is 1.70. The average molecular weight is 308 g/mol. The summed E-state index contributed by atoms with van der Waals surface area (Å²) in [6.45, 7) is -0.429. The van der Waals surface area contributed by atoms with Crippen LogP contribution in [0.3, 0.4) is 0 Å². The monoisotopic (exact) mass is 308 g/mol. The zero-order chi connectivity index (χ0) is 15.9. The lowest BCUT2D eigenvalue weighted by molar-refractivity contribution is -0.123. The Morgan fingerprint density at radius 1 is 1.23 bits per heavy atom. The second-order valence-electron chi connectivity index (χ2n) is 4.49. The summed E-state index contributed by atoms with van der Waals surface area (Å²) in [7, 11) is 0. The SMILES string of the molecule is O=C(COc1ccc(CO)nc1)NCc1cc(F)cc(F)c1. The van der Waals surface area contributed by atoms with Crippen molar-refractivity contribution in [1.29, 1.82) is 0 Å². The number of nitrogens with zero attached hydrogens (tertiary/aromatic N) is 1. The Kier molecular flexibility index (Phi) is 5.37. The van der Waals surface area contributed by atoms with Gasteiger partial charge in [-0.1, -0.05) is 0 Å². The molecule has 5 nitrogen and oxygen atoms in total. The summed E-state index contributed by atoms with van der Waals surface area (Å²) in [5, 5.41) is 11.3. The maximum Gasteiger partial charge on any atom is 0.258 e. The molecule has 0 aliphatic carbocycles. The van der Waals surface area contributed by atoms with Crippen LogP contribution in [-0.2, 0) is 17.9 Å². The predicted octanol–water partition coefficient (Wildman–Crippen LogP) is 1.55. The van der Waals surface area contributed by atoms with Crippen LogP contribution in [0.4, 0.5) is 8.78 Å². The maximum absolute atomic E-state index is 13.0. The number of carbonyl (C=O) groups is 1. The highest BCUT2D eigenvalue weighted by Crippen LogP contribution is 2.09. The van der Waals surface area contributed by atoms with Gasteiger partial charge < -0.3 is 15.2 Å². The molecule has 1 amide bonds. The van der Waals surface area contributed by atoms with Crippen molar-refractivity contribution in [1.82, 2.24) is 10.3 Å². The third kappa shape index (κ3) is 4.78. The molecule has 0 saturated heterocycles. The number of amides is 1. The second kappa shape index (κ2) is 7.46. The van der Waals surface area contributed by atoms with E-state index < -0.39 is 17.5 Å². The first kappa shape index (κ1) is 15.8. The van der Waals surface area contributed by atoms with E-state index in [4.69, 9.17) is 9.84 Å². The van der Waals surface area contributed by atoms with E-state index in [1.54, 1.807) is 12.1 Å². The van der Waals surface area contributed by atoms with Crippen LogP contribution in [0.25, 0.3) is 0 Å². The number of ether oxygens (including phenoxy) is 1. The number of aliphatic hydroxyl groups is 1. The molecule has 0 aliphatic heterocycles. The van der Waals surface area contributed by atoms with Crippen molar-refractivity contribution in [3.8, 4) is 5.75 Å². The largest absolute Gasteiger partial charge is 0.482 e. The molecule has 1 aromatic heterocycles. The number of carbonyl (C=O) groups excluding carboxylic acids is 1. The van der Waals surface area contributed by atoms with Crippen LogP contribution >= 0.6 is 0 Å². The lowest BCUT2D eigenvalue weighted by Crippen LogP contribution is -2.28. The zero-order valence-electron chi connectivity index (χ0n) is 11.6. The van der Waals surface area contributed by atoms with Gasteiger partial charge in [0.25, 0.3) is 5.91 Å². The second-order valence-corrected chi connectivity index (χ2v) is 4.49. The van der Waals surface area contributed by atoms with Crippen LogP contribution in [0.2, 0.25) is 0 Å². The summed E-state index contributed by atoms with van der Waals surface area (Å²) >= 11 is 0. The van der Waals surface area contributed by atoms with Crippen molar-refractivity contribution in [2.24, 2.45) is 0 Å². The quantitative estimate of drug-likeness (QED) is 0.849. The first-order chi connectivity index (χ1) is 10.6. The Labute approximate surface area is 125 Å². The van der Waals surface area contributed by atoms with Crippen molar-refractivity contribution < 1.29 is 23.4 Å². The van der Waals surface area contributed by atoms with Gasteiger partial charge in [-0.3, -0.25) is 9.78 Å². The van der Waals surface area contributed by atoms with Crippen LogP contribution in [-0.4, -0.2) is 22.6 Å².